The molecule has 6 heavy (non-hydrogen) atoms. The van der Waals surface area contributed by atoms with E-state index in [0.717, 1.165) is 0 Å². The Morgan fingerprint density at radius 3 is 2.33 bits per heavy atom. The summed E-state index contributed by atoms with van der Waals surface area (Å²) in [5.41, 5.74) is 0.176. The minimum atomic E-state index is 0.176. The lowest BCUT2D eigenvalue weighted by atomic mass is 10.4. The van der Waals surface area contributed by atoms with Gasteiger partial charge < -0.3 is 0 Å². The SMILES string of the molecule is C#CC(=C)C#N. The van der Waals surface area contributed by atoms with E-state index in [0.29, 0.717) is 0 Å². The lowest BCUT2D eigenvalue weighted by molar-refractivity contribution is 1.52. The lowest BCUT2D eigenvalue weighted by Crippen LogP contribution is -1.58. The molecule has 0 unspecified atom stereocenters. The minimum Gasteiger partial charge on any atom is -0.192 e. The molecule has 0 aromatic heterocycles. The fraction of sp³-hybridized carbons (Fsp3) is 0. The minimum absolute atomic E-state index is 0.176. The van der Waals surface area contributed by atoms with Gasteiger partial charge >= 0.3 is 0 Å². The number of nitrogens with zero attached hydrogens (tertiary/aromatic N) is 1. The van der Waals surface area contributed by atoms with Crippen molar-refractivity contribution in [3.05, 3.63) is 12.2 Å². The Morgan fingerprint density at radius 2 is 2.33 bits per heavy atom. The first-order valence-electron chi connectivity index (χ1n) is 1.37. The average Bonchev–Trinajstić information content (AvgIpc) is 1.65. The van der Waals surface area contributed by atoms with Crippen LogP contribution in [0, 0.1) is 23.7 Å². The third-order valence-corrected chi connectivity index (χ3v) is 0.309. The molecular formula is C5H3N. The van der Waals surface area contributed by atoms with Crippen LogP contribution in [-0.2, 0) is 0 Å². The molecule has 0 bridgehead atoms. The largest absolute Gasteiger partial charge is 0.192 e. The Morgan fingerprint density at radius 1 is 1.83 bits per heavy atom. The number of hydrogen-bond acceptors (Lipinski definition) is 1. The second-order valence-corrected chi connectivity index (χ2v) is 0.735. The summed E-state index contributed by atoms with van der Waals surface area (Å²) in [5.74, 6) is 2.06. The van der Waals surface area contributed by atoms with Gasteiger partial charge in [0.2, 0.25) is 0 Å². The van der Waals surface area contributed by atoms with E-state index in [-0.39, 0.29) is 5.57 Å². The Balaban J connectivity index is 3.75. The summed E-state index contributed by atoms with van der Waals surface area (Å²) in [6.45, 7) is 3.19. The van der Waals surface area contributed by atoms with Gasteiger partial charge in [0.1, 0.15) is 6.07 Å². The third kappa shape index (κ3) is 1.15. The van der Waals surface area contributed by atoms with E-state index in [9.17, 15) is 0 Å². The topological polar surface area (TPSA) is 23.8 Å². The maximum atomic E-state index is 7.84. The normalized spacial score (nSPS) is 5.00. The van der Waals surface area contributed by atoms with Gasteiger partial charge in [-0.1, -0.05) is 12.5 Å². The summed E-state index contributed by atoms with van der Waals surface area (Å²) in [5, 5.41) is 7.84. The van der Waals surface area contributed by atoms with Gasteiger partial charge in [0, 0.05) is 0 Å². The predicted molar refractivity (Wildman–Crippen MR) is 23.6 cm³/mol. The van der Waals surface area contributed by atoms with Crippen molar-refractivity contribution in [3.8, 4) is 18.4 Å². The molecular weight excluding hydrogens is 74.1 g/mol. The molecule has 0 amide bonds. The van der Waals surface area contributed by atoms with E-state index >= 15 is 0 Å². The van der Waals surface area contributed by atoms with Gasteiger partial charge in [0.05, 0.1) is 5.57 Å². The summed E-state index contributed by atoms with van der Waals surface area (Å²) >= 11 is 0. The van der Waals surface area contributed by atoms with Crippen LogP contribution in [0.5, 0.6) is 0 Å². The number of terminal acetylenes is 1. The highest BCUT2D eigenvalue weighted by molar-refractivity contribution is 5.34. The Labute approximate surface area is 36.9 Å². The van der Waals surface area contributed by atoms with Crippen LogP contribution in [0.1, 0.15) is 0 Å². The molecule has 0 saturated heterocycles. The molecule has 0 aliphatic heterocycles. The van der Waals surface area contributed by atoms with Crippen molar-refractivity contribution in [2.75, 3.05) is 0 Å². The lowest BCUT2D eigenvalue weighted by Gasteiger charge is -1.63. The first-order chi connectivity index (χ1) is 2.81. The van der Waals surface area contributed by atoms with Gasteiger partial charge in [0.15, 0.2) is 0 Å². The summed E-state index contributed by atoms with van der Waals surface area (Å²) in [6, 6.07) is 1.68. The highest BCUT2D eigenvalue weighted by atomic mass is 14.2. The van der Waals surface area contributed by atoms with E-state index in [1.807, 2.05) is 0 Å². The van der Waals surface area contributed by atoms with E-state index in [4.69, 9.17) is 11.7 Å². The number of rotatable bonds is 0. The van der Waals surface area contributed by atoms with Crippen molar-refractivity contribution in [1.82, 2.24) is 0 Å². The smallest absolute Gasteiger partial charge is 0.108 e. The standard InChI is InChI=1S/C5H3N/c1-3-5(2)4-6/h1H,2H2. The van der Waals surface area contributed by atoms with Crippen LogP contribution in [0.4, 0.5) is 0 Å². The van der Waals surface area contributed by atoms with Crippen LogP contribution in [0.2, 0.25) is 0 Å². The first kappa shape index (κ1) is 4.79. The monoisotopic (exact) mass is 77.0 g/mol. The molecule has 0 aliphatic carbocycles. The maximum Gasteiger partial charge on any atom is 0.108 e. The zero-order valence-corrected chi connectivity index (χ0v) is 3.23. The van der Waals surface area contributed by atoms with Gasteiger partial charge in [-0.2, -0.15) is 5.26 Å². The van der Waals surface area contributed by atoms with E-state index in [1.165, 1.54) is 0 Å². The summed E-state index contributed by atoms with van der Waals surface area (Å²) < 4.78 is 0. The fourth-order valence-electron chi connectivity index (χ4n) is 0.0323. The van der Waals surface area contributed by atoms with Gasteiger partial charge in [-0.05, 0) is 0 Å². The molecule has 1 heteroatoms. The molecule has 0 radical (unpaired) electrons. The van der Waals surface area contributed by atoms with Crippen LogP contribution in [0.15, 0.2) is 12.2 Å². The Bertz CT molecular complexity index is 115. The molecule has 0 spiro atoms. The van der Waals surface area contributed by atoms with E-state index < -0.39 is 0 Å². The van der Waals surface area contributed by atoms with Crippen LogP contribution in [0.25, 0.3) is 0 Å². The van der Waals surface area contributed by atoms with Crippen molar-refractivity contribution < 1.29 is 0 Å². The first-order valence-corrected chi connectivity index (χ1v) is 1.37. The van der Waals surface area contributed by atoms with Crippen LogP contribution in [-0.4, -0.2) is 0 Å². The molecule has 0 N–H and O–H groups in total. The average molecular weight is 77.1 g/mol. The zero-order chi connectivity index (χ0) is 4.99. The second kappa shape index (κ2) is 2.05. The fourth-order valence-corrected chi connectivity index (χ4v) is 0.0323. The molecule has 0 aromatic rings. The second-order valence-electron chi connectivity index (χ2n) is 0.735. The summed E-state index contributed by atoms with van der Waals surface area (Å²) in [6.07, 6.45) is 4.71. The van der Waals surface area contributed by atoms with Crippen molar-refractivity contribution in [1.29, 1.82) is 5.26 Å². The number of nitriles is 1. The molecule has 0 heterocycles. The Kier molecular flexibility index (Phi) is 1.64. The zero-order valence-electron chi connectivity index (χ0n) is 3.23. The van der Waals surface area contributed by atoms with Crippen LogP contribution < -0.4 is 0 Å². The predicted octanol–water partition coefficient (Wildman–Crippen LogP) is 0.699. The van der Waals surface area contributed by atoms with Crippen LogP contribution in [0.3, 0.4) is 0 Å². The van der Waals surface area contributed by atoms with Crippen molar-refractivity contribution in [3.63, 3.8) is 0 Å². The van der Waals surface area contributed by atoms with Gasteiger partial charge in [-0.15, -0.1) is 6.42 Å². The van der Waals surface area contributed by atoms with Crippen molar-refractivity contribution in [2.24, 2.45) is 0 Å². The summed E-state index contributed by atoms with van der Waals surface area (Å²) in [7, 11) is 0. The highest BCUT2D eigenvalue weighted by Gasteiger charge is 1.71. The highest BCUT2D eigenvalue weighted by Crippen LogP contribution is 1.75. The third-order valence-electron chi connectivity index (χ3n) is 0.309. The van der Waals surface area contributed by atoms with Gasteiger partial charge in [0.25, 0.3) is 0 Å². The molecule has 0 rings (SSSR count). The molecule has 0 fully saturated rings. The Hall–Kier alpha value is -1.21. The van der Waals surface area contributed by atoms with E-state index in [1.54, 1.807) is 6.07 Å². The molecule has 0 saturated carbocycles. The maximum absolute atomic E-state index is 7.84. The van der Waals surface area contributed by atoms with E-state index in [2.05, 4.69) is 12.5 Å². The molecule has 0 aliphatic rings. The van der Waals surface area contributed by atoms with Crippen LogP contribution >= 0.6 is 0 Å². The molecule has 28 valence electrons. The van der Waals surface area contributed by atoms with Crippen molar-refractivity contribution >= 4 is 0 Å². The van der Waals surface area contributed by atoms with Gasteiger partial charge in [-0.25, -0.2) is 0 Å². The number of allylic oxidation sites excluding steroid dienone is 1. The summed E-state index contributed by atoms with van der Waals surface area (Å²) in [4.78, 5) is 0. The van der Waals surface area contributed by atoms with Crippen molar-refractivity contribution in [2.45, 2.75) is 0 Å². The number of hydrogen-bond donors (Lipinski definition) is 0. The molecule has 0 atom stereocenters. The molecule has 0 aromatic carbocycles. The van der Waals surface area contributed by atoms with Gasteiger partial charge in [-0.3, -0.25) is 0 Å². The quantitative estimate of drug-likeness (QED) is 0.308. The molecule has 1 nitrogen and oxygen atoms in total.